The smallest absolute Gasteiger partial charge is 0.308 e. The van der Waals surface area contributed by atoms with Crippen molar-refractivity contribution in [2.24, 2.45) is 0 Å². The Kier molecular flexibility index (Phi) is 6.90. The maximum atomic E-state index is 12.4. The molecule has 2 heterocycles. The number of anilines is 1. The molecule has 0 atom stereocenters. The van der Waals surface area contributed by atoms with Crippen molar-refractivity contribution in [2.45, 2.75) is 18.9 Å². The van der Waals surface area contributed by atoms with Gasteiger partial charge in [-0.25, -0.2) is 8.99 Å². The third kappa shape index (κ3) is 5.61. The Morgan fingerprint density at radius 2 is 2.15 bits per heavy atom. The van der Waals surface area contributed by atoms with Gasteiger partial charge in [0, 0.05) is 37.7 Å². The van der Waals surface area contributed by atoms with Gasteiger partial charge >= 0.3 is 5.51 Å². The molecule has 0 bridgehead atoms. The topological polar surface area (TPSA) is 54.3 Å². The van der Waals surface area contributed by atoms with Gasteiger partial charge in [0.2, 0.25) is 5.91 Å². The fourth-order valence-corrected chi connectivity index (χ4v) is 3.01. The summed E-state index contributed by atoms with van der Waals surface area (Å²) in [4.78, 5) is 17.8. The van der Waals surface area contributed by atoms with Crippen LogP contribution in [0.4, 0.5) is 18.9 Å². The monoisotopic (exact) mass is 407 g/mol. The minimum Gasteiger partial charge on any atom is -0.308 e. The second-order valence-corrected chi connectivity index (χ2v) is 6.86. The summed E-state index contributed by atoms with van der Waals surface area (Å²) in [7, 11) is 1.29. The van der Waals surface area contributed by atoms with E-state index in [1.165, 1.54) is 16.6 Å². The lowest BCUT2D eigenvalue weighted by atomic mass is 10.3. The lowest BCUT2D eigenvalue weighted by Gasteiger charge is -2.22. The Hall–Kier alpha value is -1.78. The summed E-state index contributed by atoms with van der Waals surface area (Å²) in [6.45, 7) is 2.02. The van der Waals surface area contributed by atoms with Crippen molar-refractivity contribution in [2.75, 3.05) is 25.0 Å². The van der Waals surface area contributed by atoms with Gasteiger partial charge < -0.3 is 4.90 Å². The molecule has 2 rings (SSSR count). The van der Waals surface area contributed by atoms with Gasteiger partial charge in [-0.3, -0.25) is 9.78 Å². The second kappa shape index (κ2) is 8.74. The zero-order chi connectivity index (χ0) is 19.3. The van der Waals surface area contributed by atoms with Crippen molar-refractivity contribution >= 4 is 35.1 Å². The van der Waals surface area contributed by atoms with E-state index < -0.39 is 5.51 Å². The van der Waals surface area contributed by atoms with E-state index >= 15 is 0 Å². The maximum absolute atomic E-state index is 12.4. The number of carbonyl (C=O) groups is 1. The van der Waals surface area contributed by atoms with Crippen LogP contribution in [0.15, 0.2) is 30.7 Å². The van der Waals surface area contributed by atoms with Crippen LogP contribution in [0.2, 0.25) is 5.15 Å². The van der Waals surface area contributed by atoms with Crippen molar-refractivity contribution < 1.29 is 18.0 Å². The molecule has 0 saturated heterocycles. The first-order valence-corrected chi connectivity index (χ1v) is 8.79. The van der Waals surface area contributed by atoms with Crippen LogP contribution >= 0.6 is 23.5 Å². The maximum Gasteiger partial charge on any atom is 0.456 e. The molecule has 6 nitrogen and oxygen atoms in total. The van der Waals surface area contributed by atoms with E-state index in [1.54, 1.807) is 37.6 Å². The number of aromatic nitrogens is 3. The number of halogens is 4. The molecule has 26 heavy (non-hydrogen) atoms. The standard InChI is InChI=1S/C15H17ClF3N5OS/c1-3-23(13(25)6-8-22(2)26-15(17,18)19)12-10-24(21-14(12)16)11-5-4-7-20-9-11/h4-5,7,9-10H,3,6,8H2,1-2H3. The normalized spacial score (nSPS) is 11.8. The highest BCUT2D eigenvalue weighted by molar-refractivity contribution is 7.97. The average Bonchev–Trinajstić information content (AvgIpc) is 2.95. The SMILES string of the molecule is CCN(C(=O)CCN(C)SC(F)(F)F)c1cn(-c2cccnc2)nc1Cl. The minimum atomic E-state index is -4.38. The van der Waals surface area contributed by atoms with E-state index in [2.05, 4.69) is 10.1 Å². The van der Waals surface area contributed by atoms with E-state index in [0.717, 1.165) is 4.31 Å². The third-order valence-corrected chi connectivity index (χ3v) is 4.34. The Morgan fingerprint density at radius 3 is 2.73 bits per heavy atom. The largest absolute Gasteiger partial charge is 0.456 e. The first kappa shape index (κ1) is 20.5. The van der Waals surface area contributed by atoms with E-state index in [-0.39, 0.29) is 36.0 Å². The molecule has 0 aliphatic carbocycles. The Morgan fingerprint density at radius 1 is 1.42 bits per heavy atom. The minimum absolute atomic E-state index is 0.0477. The highest BCUT2D eigenvalue weighted by atomic mass is 35.5. The lowest BCUT2D eigenvalue weighted by molar-refractivity contribution is -0.118. The fourth-order valence-electron chi connectivity index (χ4n) is 2.24. The second-order valence-electron chi connectivity index (χ2n) is 5.24. The molecule has 0 aliphatic heterocycles. The molecule has 0 spiro atoms. The number of nitrogens with zero attached hydrogens (tertiary/aromatic N) is 5. The van der Waals surface area contributed by atoms with Crippen LogP contribution in [-0.2, 0) is 4.79 Å². The molecule has 0 radical (unpaired) electrons. The summed E-state index contributed by atoms with van der Waals surface area (Å²) >= 11 is 5.88. The number of amides is 1. The van der Waals surface area contributed by atoms with E-state index in [1.807, 2.05) is 0 Å². The summed E-state index contributed by atoms with van der Waals surface area (Å²) in [6, 6.07) is 3.52. The van der Waals surface area contributed by atoms with Crippen LogP contribution in [0.1, 0.15) is 13.3 Å². The van der Waals surface area contributed by atoms with Crippen LogP contribution in [0.5, 0.6) is 0 Å². The Bertz CT molecular complexity index is 741. The van der Waals surface area contributed by atoms with Gasteiger partial charge in [0.05, 0.1) is 18.1 Å². The van der Waals surface area contributed by atoms with E-state index in [4.69, 9.17) is 11.6 Å². The molecule has 0 aromatic carbocycles. The molecule has 11 heteroatoms. The number of pyridine rings is 1. The Labute approximate surface area is 158 Å². The lowest BCUT2D eigenvalue weighted by Crippen LogP contribution is -2.33. The van der Waals surface area contributed by atoms with E-state index in [9.17, 15) is 18.0 Å². The predicted octanol–water partition coefficient (Wildman–Crippen LogP) is 3.76. The summed E-state index contributed by atoms with van der Waals surface area (Å²) in [5.74, 6) is -0.338. The number of alkyl halides is 3. The number of hydrogen-bond acceptors (Lipinski definition) is 5. The van der Waals surface area contributed by atoms with Gasteiger partial charge in [-0.05, 0) is 26.1 Å². The molecule has 142 valence electrons. The van der Waals surface area contributed by atoms with Crippen molar-refractivity contribution in [3.05, 3.63) is 35.9 Å². The molecular formula is C15H17ClF3N5OS. The molecule has 2 aromatic heterocycles. The van der Waals surface area contributed by atoms with Gasteiger partial charge in [-0.15, -0.1) is 0 Å². The molecule has 1 amide bonds. The fraction of sp³-hybridized carbons (Fsp3) is 0.400. The molecule has 0 aliphatic rings. The summed E-state index contributed by atoms with van der Waals surface area (Å²) in [6.07, 6.45) is 4.72. The van der Waals surface area contributed by atoms with Crippen molar-refractivity contribution in [1.82, 2.24) is 19.1 Å². The van der Waals surface area contributed by atoms with Crippen molar-refractivity contribution in [3.63, 3.8) is 0 Å². The quantitative estimate of drug-likeness (QED) is 0.654. The highest BCUT2D eigenvalue weighted by Gasteiger charge is 2.31. The summed E-state index contributed by atoms with van der Waals surface area (Å²) < 4.78 is 39.5. The van der Waals surface area contributed by atoms with Crippen LogP contribution in [0, 0.1) is 0 Å². The third-order valence-electron chi connectivity index (χ3n) is 3.37. The van der Waals surface area contributed by atoms with Crippen LogP contribution < -0.4 is 4.90 Å². The number of hydrogen-bond donors (Lipinski definition) is 0. The number of rotatable bonds is 7. The van der Waals surface area contributed by atoms with Crippen LogP contribution in [0.3, 0.4) is 0 Å². The van der Waals surface area contributed by atoms with Gasteiger partial charge in [0.25, 0.3) is 0 Å². The molecular weight excluding hydrogens is 391 g/mol. The van der Waals surface area contributed by atoms with Gasteiger partial charge in [-0.1, -0.05) is 11.6 Å². The molecule has 0 N–H and O–H groups in total. The van der Waals surface area contributed by atoms with Crippen molar-refractivity contribution in [3.8, 4) is 5.69 Å². The summed E-state index contributed by atoms with van der Waals surface area (Å²) in [5, 5.41) is 4.29. The number of carbonyl (C=O) groups excluding carboxylic acids is 1. The van der Waals surface area contributed by atoms with Crippen molar-refractivity contribution in [1.29, 1.82) is 0 Å². The van der Waals surface area contributed by atoms with E-state index in [0.29, 0.717) is 17.9 Å². The van der Waals surface area contributed by atoms with Gasteiger partial charge in [0.1, 0.15) is 5.69 Å². The average molecular weight is 408 g/mol. The zero-order valence-electron chi connectivity index (χ0n) is 14.1. The summed E-state index contributed by atoms with van der Waals surface area (Å²) in [5.41, 5.74) is -3.31. The molecule has 0 unspecified atom stereocenters. The molecule has 0 fully saturated rings. The molecule has 2 aromatic rings. The predicted molar refractivity (Wildman–Crippen MR) is 95.3 cm³/mol. The molecule has 0 saturated carbocycles. The van der Waals surface area contributed by atoms with Gasteiger partial charge in [0.15, 0.2) is 5.15 Å². The van der Waals surface area contributed by atoms with Gasteiger partial charge in [-0.2, -0.15) is 18.3 Å². The highest BCUT2D eigenvalue weighted by Crippen LogP contribution is 2.32. The Balaban J connectivity index is 2.08. The first-order valence-electron chi connectivity index (χ1n) is 7.64. The van der Waals surface area contributed by atoms with Crippen LogP contribution in [-0.4, -0.2) is 50.6 Å². The zero-order valence-corrected chi connectivity index (χ0v) is 15.6. The first-order chi connectivity index (χ1) is 12.2. The van der Waals surface area contributed by atoms with Crippen LogP contribution in [0.25, 0.3) is 5.69 Å².